The zero-order valence-electron chi connectivity index (χ0n) is 18.9. The fourth-order valence-corrected chi connectivity index (χ4v) is 4.04. The van der Waals surface area contributed by atoms with Gasteiger partial charge in [-0.25, -0.2) is 4.79 Å². The van der Waals surface area contributed by atoms with E-state index in [4.69, 9.17) is 9.47 Å². The first kappa shape index (κ1) is 22.8. The number of ether oxygens (including phenoxy) is 2. The molecule has 1 saturated heterocycles. The number of carbonyl (C=O) groups is 3. The maximum Gasteiger partial charge on any atom is 0.325 e. The van der Waals surface area contributed by atoms with Gasteiger partial charge >= 0.3 is 6.03 Å². The number of imide groups is 1. The third-order valence-electron chi connectivity index (χ3n) is 5.69. The number of amides is 4. The molecule has 0 radical (unpaired) electrons. The average molecular weight is 460 g/mol. The summed E-state index contributed by atoms with van der Waals surface area (Å²) >= 11 is 0. The summed E-state index contributed by atoms with van der Waals surface area (Å²) in [6.45, 7) is -0.437. The summed E-state index contributed by atoms with van der Waals surface area (Å²) in [6, 6.07) is 22.8. The molecule has 1 heterocycles. The van der Waals surface area contributed by atoms with Crippen molar-refractivity contribution in [1.29, 1.82) is 0 Å². The van der Waals surface area contributed by atoms with Crippen LogP contribution >= 0.6 is 0 Å². The summed E-state index contributed by atoms with van der Waals surface area (Å²) < 4.78 is 10.4. The lowest BCUT2D eigenvalue weighted by atomic mass is 9.83. The van der Waals surface area contributed by atoms with E-state index in [1.54, 1.807) is 30.3 Å². The number of carbonyl (C=O) groups excluding carboxylic acids is 3. The number of anilines is 1. The van der Waals surface area contributed by atoms with Crippen LogP contribution in [0.25, 0.3) is 0 Å². The number of benzene rings is 3. The summed E-state index contributed by atoms with van der Waals surface area (Å²) in [5.74, 6) is -0.0144. The van der Waals surface area contributed by atoms with Crippen LogP contribution in [0.3, 0.4) is 0 Å². The molecule has 174 valence electrons. The first-order chi connectivity index (χ1) is 16.4. The molecule has 4 amide bonds. The molecule has 0 aromatic heterocycles. The van der Waals surface area contributed by atoms with E-state index in [1.807, 2.05) is 48.5 Å². The topological polar surface area (TPSA) is 97.0 Å². The van der Waals surface area contributed by atoms with Gasteiger partial charge in [0.2, 0.25) is 5.91 Å². The van der Waals surface area contributed by atoms with Crippen molar-refractivity contribution >= 4 is 23.5 Å². The van der Waals surface area contributed by atoms with Gasteiger partial charge in [-0.05, 0) is 11.1 Å². The van der Waals surface area contributed by atoms with Crippen LogP contribution in [0.5, 0.6) is 11.5 Å². The maximum atomic E-state index is 13.7. The van der Waals surface area contributed by atoms with Gasteiger partial charge < -0.3 is 20.1 Å². The molecule has 1 atom stereocenters. The van der Waals surface area contributed by atoms with E-state index in [2.05, 4.69) is 10.6 Å². The third kappa shape index (κ3) is 4.56. The number of methoxy groups -OCH3 is 2. The summed E-state index contributed by atoms with van der Waals surface area (Å²) in [5, 5.41) is 5.56. The van der Waals surface area contributed by atoms with Gasteiger partial charge in [0.05, 0.1) is 14.2 Å². The molecule has 1 aliphatic heterocycles. The van der Waals surface area contributed by atoms with Gasteiger partial charge in [0.25, 0.3) is 5.91 Å². The fourth-order valence-electron chi connectivity index (χ4n) is 4.04. The molecule has 3 aromatic rings. The standard InChI is InChI=1S/C26H25N3O5/c1-33-21-13-20(14-22(15-21)34-2)27-23(30)17-29-24(31)26(28-25(29)32,19-11-7-4-8-12-19)16-18-9-5-3-6-10-18/h3-15H,16-17H2,1-2H3,(H,27,30)(H,28,32). The zero-order valence-corrected chi connectivity index (χ0v) is 18.9. The highest BCUT2D eigenvalue weighted by atomic mass is 16.5. The van der Waals surface area contributed by atoms with E-state index in [0.717, 1.165) is 10.5 Å². The largest absolute Gasteiger partial charge is 0.497 e. The van der Waals surface area contributed by atoms with Crippen LogP contribution in [0.15, 0.2) is 78.9 Å². The van der Waals surface area contributed by atoms with Crippen molar-refractivity contribution in [2.45, 2.75) is 12.0 Å². The number of hydrogen-bond acceptors (Lipinski definition) is 5. The normalized spacial score (nSPS) is 17.3. The monoisotopic (exact) mass is 459 g/mol. The Labute approximate surface area is 197 Å². The van der Waals surface area contributed by atoms with Crippen molar-refractivity contribution < 1.29 is 23.9 Å². The number of rotatable bonds is 8. The molecular formula is C26H25N3O5. The minimum atomic E-state index is -1.31. The Kier molecular flexibility index (Phi) is 6.49. The molecule has 0 saturated carbocycles. The van der Waals surface area contributed by atoms with E-state index in [9.17, 15) is 14.4 Å². The molecule has 3 aromatic carbocycles. The Bertz CT molecular complexity index is 1180. The highest BCUT2D eigenvalue weighted by molar-refractivity contribution is 6.10. The second-order valence-corrected chi connectivity index (χ2v) is 7.90. The molecule has 0 aliphatic carbocycles. The van der Waals surface area contributed by atoms with Crippen molar-refractivity contribution in [2.75, 3.05) is 26.1 Å². The average Bonchev–Trinajstić information content (AvgIpc) is 3.09. The molecular weight excluding hydrogens is 434 g/mol. The van der Waals surface area contributed by atoms with E-state index in [0.29, 0.717) is 22.7 Å². The quantitative estimate of drug-likeness (QED) is 0.504. The van der Waals surface area contributed by atoms with E-state index < -0.39 is 29.9 Å². The summed E-state index contributed by atoms with van der Waals surface area (Å²) in [7, 11) is 3.01. The van der Waals surface area contributed by atoms with E-state index in [1.165, 1.54) is 14.2 Å². The fraction of sp³-hybridized carbons (Fsp3) is 0.192. The van der Waals surface area contributed by atoms with Gasteiger partial charge in [-0.2, -0.15) is 0 Å². The van der Waals surface area contributed by atoms with Gasteiger partial charge in [0.15, 0.2) is 5.54 Å². The van der Waals surface area contributed by atoms with Crippen LogP contribution in [-0.2, 0) is 21.5 Å². The second-order valence-electron chi connectivity index (χ2n) is 7.90. The molecule has 0 bridgehead atoms. The first-order valence-electron chi connectivity index (χ1n) is 10.7. The molecule has 1 unspecified atom stereocenters. The van der Waals surface area contributed by atoms with Crippen LogP contribution in [-0.4, -0.2) is 43.5 Å². The number of nitrogens with zero attached hydrogens (tertiary/aromatic N) is 1. The van der Waals surface area contributed by atoms with Crippen molar-refractivity contribution in [3.05, 3.63) is 90.0 Å². The molecule has 1 fully saturated rings. The summed E-state index contributed by atoms with van der Waals surface area (Å²) in [5.41, 5.74) is 0.651. The first-order valence-corrected chi connectivity index (χ1v) is 10.7. The summed E-state index contributed by atoms with van der Waals surface area (Å²) in [4.78, 5) is 40.3. The summed E-state index contributed by atoms with van der Waals surface area (Å²) in [6.07, 6.45) is 0.258. The highest BCUT2D eigenvalue weighted by Crippen LogP contribution is 2.33. The number of urea groups is 1. The zero-order chi connectivity index (χ0) is 24.1. The van der Waals surface area contributed by atoms with Crippen molar-refractivity contribution in [1.82, 2.24) is 10.2 Å². The minimum absolute atomic E-state index is 0.258. The molecule has 8 heteroatoms. The van der Waals surface area contributed by atoms with Gasteiger partial charge in [-0.3, -0.25) is 14.5 Å². The number of nitrogens with one attached hydrogen (secondary N) is 2. The van der Waals surface area contributed by atoms with Gasteiger partial charge in [0, 0.05) is 30.3 Å². The maximum absolute atomic E-state index is 13.7. The SMILES string of the molecule is COc1cc(NC(=O)CN2C(=O)NC(Cc3ccccc3)(c3ccccc3)C2=O)cc(OC)c1. The molecule has 4 rings (SSSR count). The Balaban J connectivity index is 1.58. The smallest absolute Gasteiger partial charge is 0.325 e. The van der Waals surface area contributed by atoms with E-state index >= 15 is 0 Å². The van der Waals surface area contributed by atoms with Gasteiger partial charge in [-0.15, -0.1) is 0 Å². The van der Waals surface area contributed by atoms with Crippen LogP contribution in [0.2, 0.25) is 0 Å². The Morgan fingerprint density at radius 2 is 1.50 bits per heavy atom. The molecule has 2 N–H and O–H groups in total. The second kappa shape index (κ2) is 9.66. The molecule has 0 spiro atoms. The van der Waals surface area contributed by atoms with Gasteiger partial charge in [-0.1, -0.05) is 60.7 Å². The number of hydrogen-bond donors (Lipinski definition) is 2. The predicted molar refractivity (Wildman–Crippen MR) is 127 cm³/mol. The van der Waals surface area contributed by atoms with Crippen molar-refractivity contribution in [3.8, 4) is 11.5 Å². The molecule has 8 nitrogen and oxygen atoms in total. The Hall–Kier alpha value is -4.33. The molecule has 34 heavy (non-hydrogen) atoms. The minimum Gasteiger partial charge on any atom is -0.497 e. The van der Waals surface area contributed by atoms with Crippen molar-refractivity contribution in [3.63, 3.8) is 0 Å². The lowest BCUT2D eigenvalue weighted by Gasteiger charge is -2.27. The lowest BCUT2D eigenvalue weighted by molar-refractivity contribution is -0.134. The lowest BCUT2D eigenvalue weighted by Crippen LogP contribution is -2.46. The van der Waals surface area contributed by atoms with Crippen LogP contribution in [0, 0.1) is 0 Å². The Morgan fingerprint density at radius 3 is 2.09 bits per heavy atom. The van der Waals surface area contributed by atoms with E-state index in [-0.39, 0.29) is 6.42 Å². The van der Waals surface area contributed by atoms with Gasteiger partial charge in [0.1, 0.15) is 18.0 Å². The Morgan fingerprint density at radius 1 is 0.912 bits per heavy atom. The highest BCUT2D eigenvalue weighted by Gasteiger charge is 2.52. The van der Waals surface area contributed by atoms with Crippen LogP contribution in [0.1, 0.15) is 11.1 Å². The van der Waals surface area contributed by atoms with Crippen LogP contribution in [0.4, 0.5) is 10.5 Å². The van der Waals surface area contributed by atoms with Crippen LogP contribution < -0.4 is 20.1 Å². The molecule has 1 aliphatic rings. The predicted octanol–water partition coefficient (Wildman–Crippen LogP) is 3.33. The van der Waals surface area contributed by atoms with Crippen molar-refractivity contribution in [2.24, 2.45) is 0 Å². The third-order valence-corrected chi connectivity index (χ3v) is 5.69.